The van der Waals surface area contributed by atoms with E-state index in [1.165, 1.54) is 18.2 Å². The van der Waals surface area contributed by atoms with Gasteiger partial charge in [0.25, 0.3) is 5.69 Å². The number of hydrogen-bond donors (Lipinski definition) is 1. The number of non-ortho nitro benzene ring substituents is 1. The molecule has 0 heterocycles. The summed E-state index contributed by atoms with van der Waals surface area (Å²) in [6.07, 6.45) is 0. The molecule has 0 aliphatic heterocycles. The van der Waals surface area contributed by atoms with Crippen LogP contribution in [0.15, 0.2) is 42.5 Å². The van der Waals surface area contributed by atoms with Crippen LogP contribution in [-0.2, 0) is 0 Å². The SMILES string of the molecule is CC(Nc1cc([N+](=O)[O-])ccc1Cl)c1ccccc1Cl. The van der Waals surface area contributed by atoms with Gasteiger partial charge in [0.2, 0.25) is 0 Å². The summed E-state index contributed by atoms with van der Waals surface area (Å²) in [6.45, 7) is 1.91. The fourth-order valence-electron chi connectivity index (χ4n) is 1.87. The second-order valence-electron chi connectivity index (χ2n) is 4.31. The number of nitrogens with one attached hydrogen (secondary N) is 1. The molecule has 20 heavy (non-hydrogen) atoms. The van der Waals surface area contributed by atoms with Crippen LogP contribution < -0.4 is 5.32 Å². The quantitative estimate of drug-likeness (QED) is 0.633. The normalized spacial score (nSPS) is 11.9. The molecule has 0 spiro atoms. The van der Waals surface area contributed by atoms with Crippen LogP contribution in [0.5, 0.6) is 0 Å². The van der Waals surface area contributed by atoms with Crippen LogP contribution in [0.2, 0.25) is 10.0 Å². The standard InChI is InChI=1S/C14H12Cl2N2O2/c1-9(11-4-2-3-5-12(11)15)17-14-8-10(18(19)20)6-7-13(14)16/h2-9,17H,1H3. The molecule has 104 valence electrons. The Kier molecular flexibility index (Phi) is 4.47. The molecule has 0 radical (unpaired) electrons. The number of hydrogen-bond acceptors (Lipinski definition) is 3. The predicted molar refractivity (Wildman–Crippen MR) is 81.6 cm³/mol. The average molecular weight is 311 g/mol. The van der Waals surface area contributed by atoms with Gasteiger partial charge in [-0.2, -0.15) is 0 Å². The Morgan fingerprint density at radius 3 is 2.50 bits per heavy atom. The molecule has 0 bridgehead atoms. The van der Waals surface area contributed by atoms with E-state index in [1.807, 2.05) is 25.1 Å². The van der Waals surface area contributed by atoms with E-state index in [9.17, 15) is 10.1 Å². The van der Waals surface area contributed by atoms with Crippen molar-refractivity contribution in [3.05, 3.63) is 68.2 Å². The predicted octanol–water partition coefficient (Wildman–Crippen LogP) is 5.07. The van der Waals surface area contributed by atoms with Crippen molar-refractivity contribution in [1.29, 1.82) is 0 Å². The Balaban J connectivity index is 2.28. The van der Waals surface area contributed by atoms with Gasteiger partial charge < -0.3 is 5.32 Å². The van der Waals surface area contributed by atoms with Gasteiger partial charge in [0.05, 0.1) is 21.7 Å². The molecule has 0 amide bonds. The van der Waals surface area contributed by atoms with Crippen molar-refractivity contribution in [3.8, 4) is 0 Å². The van der Waals surface area contributed by atoms with Gasteiger partial charge in [-0.3, -0.25) is 10.1 Å². The molecule has 2 aromatic carbocycles. The summed E-state index contributed by atoms with van der Waals surface area (Å²) in [4.78, 5) is 10.3. The molecule has 1 unspecified atom stereocenters. The third kappa shape index (κ3) is 3.21. The largest absolute Gasteiger partial charge is 0.377 e. The zero-order valence-electron chi connectivity index (χ0n) is 10.6. The molecule has 2 rings (SSSR count). The van der Waals surface area contributed by atoms with E-state index in [0.29, 0.717) is 15.7 Å². The van der Waals surface area contributed by atoms with Crippen LogP contribution in [0.3, 0.4) is 0 Å². The number of nitro benzene ring substituents is 1. The maximum Gasteiger partial charge on any atom is 0.271 e. The first-order valence-electron chi connectivity index (χ1n) is 5.94. The molecule has 0 saturated carbocycles. The van der Waals surface area contributed by atoms with Crippen LogP contribution in [0.4, 0.5) is 11.4 Å². The molecule has 0 aliphatic rings. The number of rotatable bonds is 4. The molecular weight excluding hydrogens is 299 g/mol. The lowest BCUT2D eigenvalue weighted by atomic mass is 10.1. The van der Waals surface area contributed by atoms with Gasteiger partial charge in [0, 0.05) is 17.2 Å². The highest BCUT2D eigenvalue weighted by Gasteiger charge is 2.14. The minimum atomic E-state index is -0.457. The first kappa shape index (κ1) is 14.6. The molecule has 4 nitrogen and oxygen atoms in total. The van der Waals surface area contributed by atoms with E-state index in [2.05, 4.69) is 5.32 Å². The first-order chi connectivity index (χ1) is 9.49. The molecule has 1 N–H and O–H groups in total. The smallest absolute Gasteiger partial charge is 0.271 e. The van der Waals surface area contributed by atoms with Crippen LogP contribution in [0.25, 0.3) is 0 Å². The third-order valence-corrected chi connectivity index (χ3v) is 3.58. The van der Waals surface area contributed by atoms with E-state index in [1.54, 1.807) is 6.07 Å². The summed E-state index contributed by atoms with van der Waals surface area (Å²) in [5.74, 6) is 0. The van der Waals surface area contributed by atoms with Crippen LogP contribution in [-0.4, -0.2) is 4.92 Å². The molecule has 0 fully saturated rings. The van der Waals surface area contributed by atoms with E-state index >= 15 is 0 Å². The molecular formula is C14H12Cl2N2O2. The van der Waals surface area contributed by atoms with Crippen molar-refractivity contribution in [3.63, 3.8) is 0 Å². The number of benzene rings is 2. The first-order valence-corrected chi connectivity index (χ1v) is 6.69. The Hall–Kier alpha value is -1.78. The van der Waals surface area contributed by atoms with Crippen molar-refractivity contribution < 1.29 is 4.92 Å². The summed E-state index contributed by atoms with van der Waals surface area (Å²) in [5, 5.41) is 15.0. The summed E-state index contributed by atoms with van der Waals surface area (Å²) in [5.41, 5.74) is 1.40. The minimum absolute atomic E-state index is 0.0109. The summed E-state index contributed by atoms with van der Waals surface area (Å²) in [6, 6.07) is 11.6. The van der Waals surface area contributed by atoms with Gasteiger partial charge in [-0.25, -0.2) is 0 Å². The zero-order valence-corrected chi connectivity index (χ0v) is 12.2. The molecule has 0 aromatic heterocycles. The number of halogens is 2. The molecule has 0 saturated heterocycles. The van der Waals surface area contributed by atoms with E-state index in [0.717, 1.165) is 5.56 Å². The highest BCUT2D eigenvalue weighted by atomic mass is 35.5. The van der Waals surface area contributed by atoms with Crippen LogP contribution in [0.1, 0.15) is 18.5 Å². The Morgan fingerprint density at radius 2 is 1.85 bits per heavy atom. The summed E-state index contributed by atoms with van der Waals surface area (Å²) in [7, 11) is 0. The Labute approximate surface area is 126 Å². The van der Waals surface area contributed by atoms with Crippen molar-refractivity contribution in [2.75, 3.05) is 5.32 Å². The van der Waals surface area contributed by atoms with Crippen molar-refractivity contribution in [2.45, 2.75) is 13.0 Å². The Bertz CT molecular complexity index is 647. The van der Waals surface area contributed by atoms with E-state index in [-0.39, 0.29) is 11.7 Å². The highest BCUT2D eigenvalue weighted by molar-refractivity contribution is 6.33. The Morgan fingerprint density at radius 1 is 1.15 bits per heavy atom. The summed E-state index contributed by atoms with van der Waals surface area (Å²) < 4.78 is 0. The topological polar surface area (TPSA) is 55.2 Å². The second-order valence-corrected chi connectivity index (χ2v) is 5.12. The minimum Gasteiger partial charge on any atom is -0.377 e. The third-order valence-electron chi connectivity index (χ3n) is 2.90. The van der Waals surface area contributed by atoms with Crippen LogP contribution in [0, 0.1) is 10.1 Å². The van der Waals surface area contributed by atoms with E-state index in [4.69, 9.17) is 23.2 Å². The number of nitro groups is 1. The van der Waals surface area contributed by atoms with Crippen molar-refractivity contribution in [1.82, 2.24) is 0 Å². The maximum absolute atomic E-state index is 10.8. The average Bonchev–Trinajstić information content (AvgIpc) is 2.41. The second kappa shape index (κ2) is 6.11. The maximum atomic E-state index is 10.8. The molecule has 2 aromatic rings. The van der Waals surface area contributed by atoms with Gasteiger partial charge in [0.15, 0.2) is 0 Å². The molecule has 6 heteroatoms. The fourth-order valence-corrected chi connectivity index (χ4v) is 2.35. The van der Waals surface area contributed by atoms with E-state index < -0.39 is 4.92 Å². The van der Waals surface area contributed by atoms with Crippen molar-refractivity contribution in [2.24, 2.45) is 0 Å². The van der Waals surface area contributed by atoms with Crippen molar-refractivity contribution >= 4 is 34.6 Å². The highest BCUT2D eigenvalue weighted by Crippen LogP contribution is 2.31. The zero-order chi connectivity index (χ0) is 14.7. The molecule has 1 atom stereocenters. The lowest BCUT2D eigenvalue weighted by molar-refractivity contribution is -0.384. The summed E-state index contributed by atoms with van der Waals surface area (Å²) >= 11 is 12.2. The van der Waals surface area contributed by atoms with Gasteiger partial charge in [-0.05, 0) is 24.6 Å². The van der Waals surface area contributed by atoms with Gasteiger partial charge >= 0.3 is 0 Å². The van der Waals surface area contributed by atoms with Crippen LogP contribution >= 0.6 is 23.2 Å². The van der Waals surface area contributed by atoms with Gasteiger partial charge in [-0.15, -0.1) is 0 Å². The van der Waals surface area contributed by atoms with Gasteiger partial charge in [-0.1, -0.05) is 41.4 Å². The lowest BCUT2D eigenvalue weighted by Gasteiger charge is -2.17. The number of anilines is 1. The monoisotopic (exact) mass is 310 g/mol. The lowest BCUT2D eigenvalue weighted by Crippen LogP contribution is -2.07. The fraction of sp³-hybridized carbons (Fsp3) is 0.143. The number of nitrogens with zero attached hydrogens (tertiary/aromatic N) is 1. The molecule has 0 aliphatic carbocycles. The van der Waals surface area contributed by atoms with Gasteiger partial charge in [0.1, 0.15) is 0 Å².